The Labute approximate surface area is 172 Å². The van der Waals surface area contributed by atoms with Crippen LogP contribution in [-0.2, 0) is 16.1 Å². The van der Waals surface area contributed by atoms with Gasteiger partial charge in [-0.15, -0.1) is 10.2 Å². The van der Waals surface area contributed by atoms with Crippen LogP contribution in [0, 0.1) is 0 Å². The van der Waals surface area contributed by atoms with Crippen molar-refractivity contribution in [2.75, 3.05) is 21.3 Å². The van der Waals surface area contributed by atoms with E-state index in [0.717, 1.165) is 11.0 Å². The van der Waals surface area contributed by atoms with Crippen molar-refractivity contribution in [2.24, 2.45) is 5.10 Å². The number of carbonyl (C=O) groups is 1. The van der Waals surface area contributed by atoms with Gasteiger partial charge < -0.3 is 18.9 Å². The number of hydrogen-bond donors (Lipinski definition) is 0. The normalized spacial score (nSPS) is 15.7. The first kappa shape index (κ1) is 19.5. The average Bonchev–Trinajstić information content (AvgIpc) is 3.37. The lowest BCUT2D eigenvalue weighted by Crippen LogP contribution is -2.25. The fourth-order valence-corrected chi connectivity index (χ4v) is 3.29. The minimum Gasteiger partial charge on any atom is -0.493 e. The van der Waals surface area contributed by atoms with E-state index >= 15 is 0 Å². The molecule has 1 atom stereocenters. The first-order valence-corrected chi connectivity index (χ1v) is 9.17. The zero-order valence-electron chi connectivity index (χ0n) is 17.0. The summed E-state index contributed by atoms with van der Waals surface area (Å²) in [6.45, 7) is 1.65. The largest absolute Gasteiger partial charge is 0.493 e. The number of benzene rings is 2. The molecule has 156 valence electrons. The van der Waals surface area contributed by atoms with E-state index in [1.165, 1.54) is 33.3 Å². The summed E-state index contributed by atoms with van der Waals surface area (Å²) in [5.41, 5.74) is 2.23. The van der Waals surface area contributed by atoms with E-state index in [4.69, 9.17) is 18.9 Å². The van der Waals surface area contributed by atoms with E-state index in [0.29, 0.717) is 28.7 Å². The molecule has 4 rings (SSSR count). The van der Waals surface area contributed by atoms with Crippen LogP contribution in [0.1, 0.15) is 18.7 Å². The Morgan fingerprint density at radius 2 is 1.80 bits per heavy atom. The molecule has 0 saturated carbocycles. The van der Waals surface area contributed by atoms with Gasteiger partial charge in [0.2, 0.25) is 23.8 Å². The van der Waals surface area contributed by atoms with Gasteiger partial charge in [-0.3, -0.25) is 4.79 Å². The van der Waals surface area contributed by atoms with Crippen LogP contribution in [0.2, 0.25) is 0 Å². The molecule has 1 aliphatic rings. The van der Waals surface area contributed by atoms with Gasteiger partial charge in [0, 0.05) is 12.5 Å². The summed E-state index contributed by atoms with van der Waals surface area (Å²) in [6, 6.07) is 11.0. The third-order valence-electron chi connectivity index (χ3n) is 4.69. The summed E-state index contributed by atoms with van der Waals surface area (Å²) in [5, 5.41) is 13.9. The zero-order valence-corrected chi connectivity index (χ0v) is 17.0. The first-order valence-electron chi connectivity index (χ1n) is 9.17. The van der Waals surface area contributed by atoms with Crippen molar-refractivity contribution in [1.82, 2.24) is 20.0 Å². The fourth-order valence-electron chi connectivity index (χ4n) is 3.29. The van der Waals surface area contributed by atoms with Crippen molar-refractivity contribution in [2.45, 2.75) is 19.7 Å². The molecule has 0 fully saturated rings. The highest BCUT2D eigenvalue weighted by Gasteiger charge is 2.34. The number of hydrogen-bond acceptors (Lipinski definition) is 8. The Balaban J connectivity index is 1.66. The smallest absolute Gasteiger partial charge is 0.243 e. The molecule has 0 unspecified atom stereocenters. The Bertz CT molecular complexity index is 1100. The average molecular weight is 411 g/mol. The molecule has 1 amide bonds. The highest BCUT2D eigenvalue weighted by molar-refractivity contribution is 5.84. The molecule has 2 heterocycles. The number of ether oxygens (including phenoxy) is 4. The minimum absolute atomic E-state index is 0.227. The van der Waals surface area contributed by atoms with Crippen LogP contribution in [0.4, 0.5) is 0 Å². The molecule has 0 spiro atoms. The summed E-state index contributed by atoms with van der Waals surface area (Å²) in [4.78, 5) is 12.2. The molecule has 10 heteroatoms. The van der Waals surface area contributed by atoms with E-state index in [-0.39, 0.29) is 12.5 Å². The van der Waals surface area contributed by atoms with Gasteiger partial charge in [0.25, 0.3) is 0 Å². The van der Waals surface area contributed by atoms with Gasteiger partial charge in [-0.25, -0.2) is 4.68 Å². The highest BCUT2D eigenvalue weighted by Crippen LogP contribution is 2.42. The van der Waals surface area contributed by atoms with Gasteiger partial charge in [0.15, 0.2) is 11.5 Å². The summed E-state index contributed by atoms with van der Waals surface area (Å²) in [6.07, 6.45) is -0.777. The molecule has 0 radical (unpaired) electrons. The second-order valence-corrected chi connectivity index (χ2v) is 6.52. The Hall–Kier alpha value is -3.82. The summed E-state index contributed by atoms with van der Waals surface area (Å²) >= 11 is 0. The highest BCUT2D eigenvalue weighted by atomic mass is 16.5. The molecule has 0 aliphatic carbocycles. The predicted molar refractivity (Wildman–Crippen MR) is 107 cm³/mol. The maximum Gasteiger partial charge on any atom is 0.243 e. The molecule has 10 nitrogen and oxygen atoms in total. The summed E-state index contributed by atoms with van der Waals surface area (Å²) in [5.74, 6) is 1.42. The van der Waals surface area contributed by atoms with E-state index in [1.807, 2.05) is 24.3 Å². The number of methoxy groups -OCH3 is 3. The van der Waals surface area contributed by atoms with E-state index < -0.39 is 6.23 Å². The molecule has 0 bridgehead atoms. The molecular formula is C20H21N5O5. The Kier molecular flexibility index (Phi) is 5.13. The maximum atomic E-state index is 12.2. The fraction of sp³-hybridized carbons (Fsp3) is 0.300. The molecule has 1 aromatic heterocycles. The number of rotatable bonds is 6. The zero-order chi connectivity index (χ0) is 21.3. The van der Waals surface area contributed by atoms with Crippen molar-refractivity contribution in [1.29, 1.82) is 0 Å². The van der Waals surface area contributed by atoms with Crippen LogP contribution in [0.5, 0.6) is 17.2 Å². The third kappa shape index (κ3) is 3.36. The summed E-state index contributed by atoms with van der Waals surface area (Å²) in [7, 11) is 4.58. The second kappa shape index (κ2) is 7.90. The van der Waals surface area contributed by atoms with Crippen molar-refractivity contribution in [3.63, 3.8) is 0 Å². The molecular weight excluding hydrogens is 390 g/mol. The number of carbonyl (C=O) groups excluding carboxylic acids is 1. The van der Waals surface area contributed by atoms with Gasteiger partial charge in [0.1, 0.15) is 12.1 Å². The van der Waals surface area contributed by atoms with Crippen molar-refractivity contribution >= 4 is 22.8 Å². The van der Waals surface area contributed by atoms with Crippen molar-refractivity contribution < 1.29 is 23.7 Å². The van der Waals surface area contributed by atoms with Crippen LogP contribution >= 0.6 is 0 Å². The Morgan fingerprint density at radius 3 is 2.43 bits per heavy atom. The Morgan fingerprint density at radius 1 is 1.10 bits per heavy atom. The molecule has 0 N–H and O–H groups in total. The number of amides is 1. The molecule has 30 heavy (non-hydrogen) atoms. The van der Waals surface area contributed by atoms with Gasteiger partial charge in [-0.1, -0.05) is 17.3 Å². The van der Waals surface area contributed by atoms with Crippen molar-refractivity contribution in [3.8, 4) is 17.2 Å². The lowest BCUT2D eigenvalue weighted by molar-refractivity contribution is -0.135. The SMILES string of the molecule is COc1cc([C@H]2OC(Cn3nnc4ccccc43)=NN2C(C)=O)cc(OC)c1OC. The van der Waals surface area contributed by atoms with Crippen molar-refractivity contribution in [3.05, 3.63) is 42.0 Å². The molecule has 2 aromatic carbocycles. The number of fused-ring (bicyclic) bond motifs is 1. The number of hydrazone groups is 1. The van der Waals surface area contributed by atoms with Crippen LogP contribution in [0.3, 0.4) is 0 Å². The van der Waals surface area contributed by atoms with E-state index in [9.17, 15) is 4.79 Å². The minimum atomic E-state index is -0.777. The quantitative estimate of drug-likeness (QED) is 0.614. The lowest BCUT2D eigenvalue weighted by atomic mass is 10.1. The monoisotopic (exact) mass is 411 g/mol. The van der Waals surface area contributed by atoms with Gasteiger partial charge in [0.05, 0.1) is 26.8 Å². The maximum absolute atomic E-state index is 12.2. The molecule has 0 saturated heterocycles. The van der Waals surface area contributed by atoms with Gasteiger partial charge >= 0.3 is 0 Å². The first-order chi connectivity index (χ1) is 14.5. The van der Waals surface area contributed by atoms with Gasteiger partial charge in [-0.05, 0) is 24.3 Å². The predicted octanol–water partition coefficient (Wildman–Crippen LogP) is 2.35. The van der Waals surface area contributed by atoms with Gasteiger partial charge in [-0.2, -0.15) is 5.01 Å². The third-order valence-corrected chi connectivity index (χ3v) is 4.69. The van der Waals surface area contributed by atoms with Crippen LogP contribution in [0.25, 0.3) is 11.0 Å². The standard InChI is InChI=1S/C20H21N5O5/c1-12(26)25-20(13-9-16(27-2)19(29-4)17(10-13)28-3)30-18(22-25)11-24-15-8-6-5-7-14(15)21-23-24/h5-10,20H,11H2,1-4H3/t20-/m1/s1. The number of nitrogens with zero attached hydrogens (tertiary/aromatic N) is 5. The lowest BCUT2D eigenvalue weighted by Gasteiger charge is -2.21. The molecule has 1 aliphatic heterocycles. The van der Waals surface area contributed by atoms with Crippen LogP contribution in [0.15, 0.2) is 41.5 Å². The number of aromatic nitrogens is 3. The van der Waals surface area contributed by atoms with Crippen LogP contribution in [-0.4, -0.2) is 53.1 Å². The topological polar surface area (TPSA) is 100 Å². The molecule has 3 aromatic rings. The van der Waals surface area contributed by atoms with E-state index in [2.05, 4.69) is 15.4 Å². The summed E-state index contributed by atoms with van der Waals surface area (Å²) < 4.78 is 23.9. The second-order valence-electron chi connectivity index (χ2n) is 6.52. The number of para-hydroxylation sites is 1. The van der Waals surface area contributed by atoms with Crippen LogP contribution < -0.4 is 14.2 Å². The van der Waals surface area contributed by atoms with E-state index in [1.54, 1.807) is 16.8 Å².